The highest BCUT2D eigenvalue weighted by molar-refractivity contribution is 5.23. The molecule has 0 saturated heterocycles. The molecule has 0 fully saturated rings. The van der Waals surface area contributed by atoms with Crippen molar-refractivity contribution in [1.29, 1.82) is 0 Å². The Morgan fingerprint density at radius 1 is 1.25 bits per heavy atom. The summed E-state index contributed by atoms with van der Waals surface area (Å²) >= 11 is 0. The highest BCUT2D eigenvalue weighted by Crippen LogP contribution is 2.23. The SMILES string of the molecule is CCCC(OCC)c1noc([C@@H](N)c2ccccc2)n1. The number of hydrogen-bond acceptors (Lipinski definition) is 5. The van der Waals surface area contributed by atoms with Gasteiger partial charge in [0.2, 0.25) is 11.7 Å². The van der Waals surface area contributed by atoms with E-state index < -0.39 is 6.04 Å². The van der Waals surface area contributed by atoms with Crippen molar-refractivity contribution in [1.82, 2.24) is 10.1 Å². The average Bonchev–Trinajstić information content (AvgIpc) is 2.97. The summed E-state index contributed by atoms with van der Waals surface area (Å²) in [6.45, 7) is 4.68. The van der Waals surface area contributed by atoms with Gasteiger partial charge in [-0.1, -0.05) is 48.8 Å². The molecule has 5 nitrogen and oxygen atoms in total. The topological polar surface area (TPSA) is 74.2 Å². The predicted octanol–water partition coefficient (Wildman–Crippen LogP) is 3.00. The van der Waals surface area contributed by atoms with Gasteiger partial charge in [0, 0.05) is 6.61 Å². The van der Waals surface area contributed by atoms with Gasteiger partial charge >= 0.3 is 0 Å². The third kappa shape index (κ3) is 3.43. The lowest BCUT2D eigenvalue weighted by Crippen LogP contribution is -2.13. The molecule has 0 saturated carbocycles. The van der Waals surface area contributed by atoms with Gasteiger partial charge in [0.15, 0.2) is 0 Å². The van der Waals surface area contributed by atoms with Gasteiger partial charge in [-0.3, -0.25) is 0 Å². The lowest BCUT2D eigenvalue weighted by Gasteiger charge is -2.11. The molecule has 2 aromatic rings. The Morgan fingerprint density at radius 2 is 2.00 bits per heavy atom. The number of aromatic nitrogens is 2. The molecule has 0 amide bonds. The van der Waals surface area contributed by atoms with E-state index in [9.17, 15) is 0 Å². The lowest BCUT2D eigenvalue weighted by molar-refractivity contribution is 0.0477. The van der Waals surface area contributed by atoms with Gasteiger partial charge in [-0.2, -0.15) is 4.98 Å². The number of nitrogens with zero attached hydrogens (tertiary/aromatic N) is 2. The molecule has 1 heterocycles. The Labute approximate surface area is 119 Å². The van der Waals surface area contributed by atoms with E-state index in [-0.39, 0.29) is 6.10 Å². The quantitative estimate of drug-likeness (QED) is 0.840. The standard InChI is InChI=1S/C15H21N3O2/c1-3-8-12(19-4-2)14-17-15(20-18-14)13(16)11-9-6-5-7-10-11/h5-7,9-10,12-13H,3-4,8,16H2,1-2H3/t12?,13-/m0/s1. The molecule has 1 aromatic heterocycles. The molecule has 0 bridgehead atoms. The summed E-state index contributed by atoms with van der Waals surface area (Å²) in [7, 11) is 0. The minimum absolute atomic E-state index is 0.120. The van der Waals surface area contributed by atoms with Crippen LogP contribution in [0, 0.1) is 0 Å². The van der Waals surface area contributed by atoms with E-state index >= 15 is 0 Å². The van der Waals surface area contributed by atoms with Crippen molar-refractivity contribution >= 4 is 0 Å². The lowest BCUT2D eigenvalue weighted by atomic mass is 10.1. The zero-order chi connectivity index (χ0) is 14.4. The van der Waals surface area contributed by atoms with Crippen LogP contribution in [0.15, 0.2) is 34.9 Å². The minimum Gasteiger partial charge on any atom is -0.370 e. The maximum Gasteiger partial charge on any atom is 0.248 e. The second-order valence-corrected chi connectivity index (χ2v) is 4.61. The van der Waals surface area contributed by atoms with E-state index in [1.165, 1.54) is 0 Å². The monoisotopic (exact) mass is 275 g/mol. The van der Waals surface area contributed by atoms with Crippen molar-refractivity contribution in [3.63, 3.8) is 0 Å². The zero-order valence-electron chi connectivity index (χ0n) is 12.0. The smallest absolute Gasteiger partial charge is 0.248 e. The second kappa shape index (κ2) is 7.17. The predicted molar refractivity (Wildman–Crippen MR) is 76.0 cm³/mol. The molecule has 1 aromatic carbocycles. The van der Waals surface area contributed by atoms with Crippen LogP contribution >= 0.6 is 0 Å². The molecule has 1 unspecified atom stereocenters. The van der Waals surface area contributed by atoms with E-state index in [0.717, 1.165) is 18.4 Å². The summed E-state index contributed by atoms with van der Waals surface area (Å²) in [5.41, 5.74) is 7.09. The number of nitrogens with two attached hydrogens (primary N) is 1. The molecule has 2 N–H and O–H groups in total. The van der Waals surface area contributed by atoms with Crippen molar-refractivity contribution in [3.05, 3.63) is 47.6 Å². The molecule has 0 aliphatic carbocycles. The van der Waals surface area contributed by atoms with Crippen LogP contribution in [0.1, 0.15) is 56.1 Å². The van der Waals surface area contributed by atoms with Gasteiger partial charge in [-0.15, -0.1) is 0 Å². The van der Waals surface area contributed by atoms with Crippen molar-refractivity contribution in [2.24, 2.45) is 5.73 Å². The van der Waals surface area contributed by atoms with Gasteiger partial charge in [0.25, 0.3) is 0 Å². The van der Waals surface area contributed by atoms with Crippen LogP contribution in [0.25, 0.3) is 0 Å². The van der Waals surface area contributed by atoms with Crippen LogP contribution in [0.3, 0.4) is 0 Å². The van der Waals surface area contributed by atoms with Crippen LogP contribution in [-0.4, -0.2) is 16.7 Å². The summed E-state index contributed by atoms with van der Waals surface area (Å²) < 4.78 is 10.9. The summed E-state index contributed by atoms with van der Waals surface area (Å²) in [5.74, 6) is 1.00. The van der Waals surface area contributed by atoms with Gasteiger partial charge in [-0.25, -0.2) is 0 Å². The Morgan fingerprint density at radius 3 is 2.65 bits per heavy atom. The van der Waals surface area contributed by atoms with Crippen molar-refractivity contribution in [2.45, 2.75) is 38.8 Å². The van der Waals surface area contributed by atoms with Crippen molar-refractivity contribution in [3.8, 4) is 0 Å². The Bertz CT molecular complexity index is 507. The first-order valence-electron chi connectivity index (χ1n) is 7.01. The van der Waals surface area contributed by atoms with Crippen LogP contribution < -0.4 is 5.73 Å². The molecule has 0 spiro atoms. The van der Waals surface area contributed by atoms with E-state index in [0.29, 0.717) is 18.3 Å². The highest BCUT2D eigenvalue weighted by Gasteiger charge is 2.21. The summed E-state index contributed by atoms with van der Waals surface area (Å²) in [6, 6.07) is 9.31. The number of rotatable bonds is 7. The summed E-state index contributed by atoms with van der Waals surface area (Å²) in [6.07, 6.45) is 1.75. The molecular weight excluding hydrogens is 254 g/mol. The van der Waals surface area contributed by atoms with Gasteiger partial charge in [0.1, 0.15) is 12.1 Å². The van der Waals surface area contributed by atoms with Crippen LogP contribution in [0.5, 0.6) is 0 Å². The first kappa shape index (κ1) is 14.7. The fraction of sp³-hybridized carbons (Fsp3) is 0.467. The average molecular weight is 275 g/mol. The van der Waals surface area contributed by atoms with Gasteiger partial charge < -0.3 is 15.0 Å². The van der Waals surface area contributed by atoms with E-state index in [4.69, 9.17) is 15.0 Å². The molecule has 20 heavy (non-hydrogen) atoms. The fourth-order valence-corrected chi connectivity index (χ4v) is 2.06. The van der Waals surface area contributed by atoms with E-state index in [1.807, 2.05) is 37.3 Å². The van der Waals surface area contributed by atoms with E-state index in [1.54, 1.807) is 0 Å². The van der Waals surface area contributed by atoms with Crippen LogP contribution in [-0.2, 0) is 4.74 Å². The van der Waals surface area contributed by atoms with Crippen LogP contribution in [0.2, 0.25) is 0 Å². The molecule has 108 valence electrons. The molecule has 5 heteroatoms. The highest BCUT2D eigenvalue weighted by atomic mass is 16.5. The number of ether oxygens (including phenoxy) is 1. The first-order valence-corrected chi connectivity index (χ1v) is 7.01. The zero-order valence-corrected chi connectivity index (χ0v) is 12.0. The van der Waals surface area contributed by atoms with Gasteiger partial charge in [0.05, 0.1) is 0 Å². The Hall–Kier alpha value is -1.72. The first-order chi connectivity index (χ1) is 9.76. The third-order valence-electron chi connectivity index (χ3n) is 3.09. The Balaban J connectivity index is 2.15. The molecule has 2 atom stereocenters. The largest absolute Gasteiger partial charge is 0.370 e. The maximum absolute atomic E-state index is 6.14. The molecule has 0 aliphatic rings. The number of benzene rings is 1. The van der Waals surface area contributed by atoms with Crippen molar-refractivity contribution < 1.29 is 9.26 Å². The summed E-state index contributed by atoms with van der Waals surface area (Å²) in [4.78, 5) is 4.40. The van der Waals surface area contributed by atoms with E-state index in [2.05, 4.69) is 17.1 Å². The van der Waals surface area contributed by atoms with Crippen LogP contribution in [0.4, 0.5) is 0 Å². The second-order valence-electron chi connectivity index (χ2n) is 4.61. The van der Waals surface area contributed by atoms with Crippen molar-refractivity contribution in [2.75, 3.05) is 6.61 Å². The number of hydrogen-bond donors (Lipinski definition) is 1. The maximum atomic E-state index is 6.14. The van der Waals surface area contributed by atoms with Gasteiger partial charge in [-0.05, 0) is 18.9 Å². The Kier molecular flexibility index (Phi) is 5.26. The molecule has 2 rings (SSSR count). The molecular formula is C15H21N3O2. The fourth-order valence-electron chi connectivity index (χ4n) is 2.06. The minimum atomic E-state index is -0.402. The normalized spacial score (nSPS) is 14.2. The third-order valence-corrected chi connectivity index (χ3v) is 3.09. The summed E-state index contributed by atoms with van der Waals surface area (Å²) in [5, 5.41) is 4.01. The molecule has 0 radical (unpaired) electrons. The molecule has 0 aliphatic heterocycles.